The fourth-order valence-electron chi connectivity index (χ4n) is 3.45. The number of rotatable bonds is 8. The number of aryl methyl sites for hydroxylation is 1. The Morgan fingerprint density at radius 1 is 1.25 bits per heavy atom. The summed E-state index contributed by atoms with van der Waals surface area (Å²) in [5, 5.41) is 7.33. The molecule has 1 fully saturated rings. The van der Waals surface area contributed by atoms with E-state index in [2.05, 4.69) is 15.6 Å². The molecule has 0 bridgehead atoms. The summed E-state index contributed by atoms with van der Waals surface area (Å²) in [4.78, 5) is 17.9. The fraction of sp³-hybridized carbons (Fsp3) is 0.524. The second kappa shape index (κ2) is 9.78. The Bertz CT molecular complexity index is 800. The summed E-state index contributed by atoms with van der Waals surface area (Å²) in [6, 6.07) is 6.16. The van der Waals surface area contributed by atoms with Gasteiger partial charge in [-0.15, -0.1) is 0 Å². The molecule has 1 heterocycles. The van der Waals surface area contributed by atoms with Crippen molar-refractivity contribution in [3.8, 4) is 11.5 Å². The first-order chi connectivity index (χ1) is 13.6. The Morgan fingerprint density at radius 2 is 2.04 bits per heavy atom. The van der Waals surface area contributed by atoms with E-state index < -0.39 is 0 Å². The standard InChI is InChI=1S/C21H29N3O3S/c1-4-27-18-12-15(10-11-17(18)26-3)13-22-20(25)19-14(2)23-21(28-19)24-16-8-6-5-7-9-16/h10-12,16H,4-9,13H2,1-3H3,(H,22,25)(H,23,24). The molecule has 3 rings (SSSR count). The maximum atomic E-state index is 12.7. The minimum Gasteiger partial charge on any atom is -0.493 e. The van der Waals surface area contributed by atoms with Crippen molar-refractivity contribution in [2.75, 3.05) is 19.0 Å². The summed E-state index contributed by atoms with van der Waals surface area (Å²) in [7, 11) is 1.62. The molecule has 1 saturated carbocycles. The Hall–Kier alpha value is -2.28. The first-order valence-corrected chi connectivity index (χ1v) is 10.7. The number of benzene rings is 1. The van der Waals surface area contributed by atoms with Gasteiger partial charge in [0.05, 0.1) is 19.4 Å². The molecule has 0 radical (unpaired) electrons. The SMILES string of the molecule is CCOc1cc(CNC(=O)c2sc(NC3CCCCC3)nc2C)ccc1OC. The molecular formula is C21H29N3O3S. The van der Waals surface area contributed by atoms with E-state index in [-0.39, 0.29) is 5.91 Å². The molecule has 6 nitrogen and oxygen atoms in total. The highest BCUT2D eigenvalue weighted by atomic mass is 32.1. The first kappa shape index (κ1) is 20.5. The molecule has 0 atom stereocenters. The number of carbonyl (C=O) groups is 1. The van der Waals surface area contributed by atoms with Crippen LogP contribution in [0, 0.1) is 6.92 Å². The zero-order valence-electron chi connectivity index (χ0n) is 16.8. The lowest BCUT2D eigenvalue weighted by Gasteiger charge is -2.22. The van der Waals surface area contributed by atoms with Gasteiger partial charge in [-0.05, 0) is 44.4 Å². The van der Waals surface area contributed by atoms with Gasteiger partial charge in [-0.1, -0.05) is 36.7 Å². The molecule has 0 spiro atoms. The highest BCUT2D eigenvalue weighted by molar-refractivity contribution is 7.17. The minimum atomic E-state index is -0.0968. The number of nitrogens with one attached hydrogen (secondary N) is 2. The second-order valence-electron chi connectivity index (χ2n) is 7.01. The van der Waals surface area contributed by atoms with Gasteiger partial charge in [0.25, 0.3) is 5.91 Å². The molecule has 28 heavy (non-hydrogen) atoms. The molecule has 0 aliphatic heterocycles. The van der Waals surface area contributed by atoms with Gasteiger partial charge in [0.2, 0.25) is 0 Å². The summed E-state index contributed by atoms with van der Waals surface area (Å²) in [5.41, 5.74) is 1.73. The highest BCUT2D eigenvalue weighted by Crippen LogP contribution is 2.29. The largest absolute Gasteiger partial charge is 0.493 e. The van der Waals surface area contributed by atoms with Crippen LogP contribution in [0.3, 0.4) is 0 Å². The van der Waals surface area contributed by atoms with Gasteiger partial charge < -0.3 is 20.1 Å². The predicted molar refractivity (Wildman–Crippen MR) is 113 cm³/mol. The third-order valence-corrected chi connectivity index (χ3v) is 6.00. The lowest BCUT2D eigenvalue weighted by Crippen LogP contribution is -2.22. The number of ether oxygens (including phenoxy) is 2. The first-order valence-electron chi connectivity index (χ1n) is 9.92. The molecule has 0 unspecified atom stereocenters. The number of hydrogen-bond donors (Lipinski definition) is 2. The van der Waals surface area contributed by atoms with Crippen LogP contribution in [-0.4, -0.2) is 30.6 Å². The van der Waals surface area contributed by atoms with Gasteiger partial charge in [0.15, 0.2) is 16.6 Å². The third kappa shape index (κ3) is 5.16. The van der Waals surface area contributed by atoms with Crippen molar-refractivity contribution in [2.24, 2.45) is 0 Å². The highest BCUT2D eigenvalue weighted by Gasteiger charge is 2.19. The lowest BCUT2D eigenvalue weighted by atomic mass is 9.96. The maximum Gasteiger partial charge on any atom is 0.263 e. The Kier molecular flexibility index (Phi) is 7.14. The van der Waals surface area contributed by atoms with E-state index in [0.717, 1.165) is 16.4 Å². The number of carbonyl (C=O) groups excluding carboxylic acids is 1. The van der Waals surface area contributed by atoms with Gasteiger partial charge in [-0.2, -0.15) is 0 Å². The van der Waals surface area contributed by atoms with Crippen molar-refractivity contribution in [1.82, 2.24) is 10.3 Å². The van der Waals surface area contributed by atoms with E-state index in [4.69, 9.17) is 9.47 Å². The molecule has 0 saturated heterocycles. The monoisotopic (exact) mass is 403 g/mol. The molecule has 2 aromatic rings. The molecule has 1 aliphatic carbocycles. The zero-order valence-corrected chi connectivity index (χ0v) is 17.7. The van der Waals surface area contributed by atoms with Crippen LogP contribution in [0.1, 0.15) is 60.0 Å². The molecule has 152 valence electrons. The van der Waals surface area contributed by atoms with Crippen molar-refractivity contribution in [2.45, 2.75) is 58.5 Å². The quantitative estimate of drug-likeness (QED) is 0.677. The summed E-state index contributed by atoms with van der Waals surface area (Å²) >= 11 is 1.43. The summed E-state index contributed by atoms with van der Waals surface area (Å²) < 4.78 is 10.9. The van der Waals surface area contributed by atoms with Gasteiger partial charge in [-0.25, -0.2) is 4.98 Å². The average molecular weight is 404 g/mol. The van der Waals surface area contributed by atoms with Crippen LogP contribution >= 0.6 is 11.3 Å². The van der Waals surface area contributed by atoms with Gasteiger partial charge in [0.1, 0.15) is 4.88 Å². The maximum absolute atomic E-state index is 12.7. The Balaban J connectivity index is 1.61. The number of hydrogen-bond acceptors (Lipinski definition) is 6. The number of nitrogens with zero attached hydrogens (tertiary/aromatic N) is 1. The number of anilines is 1. The van der Waals surface area contributed by atoms with Crippen LogP contribution in [0.25, 0.3) is 0 Å². The zero-order chi connectivity index (χ0) is 19.9. The van der Waals surface area contributed by atoms with E-state index in [0.29, 0.717) is 35.6 Å². The van der Waals surface area contributed by atoms with Crippen molar-refractivity contribution < 1.29 is 14.3 Å². The van der Waals surface area contributed by atoms with E-state index in [9.17, 15) is 4.79 Å². The van der Waals surface area contributed by atoms with Crippen LogP contribution in [0.5, 0.6) is 11.5 Å². The van der Waals surface area contributed by atoms with Gasteiger partial charge in [0, 0.05) is 12.6 Å². The number of aromatic nitrogens is 1. The molecule has 7 heteroatoms. The number of amides is 1. The van der Waals surface area contributed by atoms with E-state index in [1.165, 1.54) is 43.4 Å². The molecule has 1 aromatic heterocycles. The second-order valence-corrected chi connectivity index (χ2v) is 8.01. The molecule has 1 amide bonds. The van der Waals surface area contributed by atoms with E-state index in [1.807, 2.05) is 32.0 Å². The van der Waals surface area contributed by atoms with Crippen molar-refractivity contribution in [1.29, 1.82) is 0 Å². The minimum absolute atomic E-state index is 0.0968. The van der Waals surface area contributed by atoms with Crippen LogP contribution in [0.4, 0.5) is 5.13 Å². The number of methoxy groups -OCH3 is 1. The van der Waals surface area contributed by atoms with Crippen molar-refractivity contribution in [3.63, 3.8) is 0 Å². The fourth-order valence-corrected chi connectivity index (χ4v) is 4.41. The van der Waals surface area contributed by atoms with E-state index in [1.54, 1.807) is 7.11 Å². The van der Waals surface area contributed by atoms with Crippen LogP contribution in [0.2, 0.25) is 0 Å². The van der Waals surface area contributed by atoms with Crippen LogP contribution < -0.4 is 20.1 Å². The van der Waals surface area contributed by atoms with E-state index >= 15 is 0 Å². The van der Waals surface area contributed by atoms with Crippen LogP contribution in [0.15, 0.2) is 18.2 Å². The molecule has 1 aliphatic rings. The third-order valence-electron chi connectivity index (χ3n) is 4.92. The van der Waals surface area contributed by atoms with Gasteiger partial charge in [-0.3, -0.25) is 4.79 Å². The topological polar surface area (TPSA) is 72.5 Å². The Labute approximate surface area is 170 Å². The van der Waals surface area contributed by atoms with Crippen molar-refractivity contribution in [3.05, 3.63) is 34.3 Å². The Morgan fingerprint density at radius 3 is 2.75 bits per heavy atom. The van der Waals surface area contributed by atoms with Crippen LogP contribution in [-0.2, 0) is 6.54 Å². The predicted octanol–water partition coefficient (Wildman–Crippen LogP) is 4.53. The summed E-state index contributed by atoms with van der Waals surface area (Å²) in [6.07, 6.45) is 6.21. The smallest absolute Gasteiger partial charge is 0.263 e. The van der Waals surface area contributed by atoms with Gasteiger partial charge >= 0.3 is 0 Å². The lowest BCUT2D eigenvalue weighted by molar-refractivity contribution is 0.0954. The normalized spacial score (nSPS) is 14.5. The number of thiazole rings is 1. The molecular weight excluding hydrogens is 374 g/mol. The average Bonchev–Trinajstić information content (AvgIpc) is 3.07. The molecule has 1 aromatic carbocycles. The van der Waals surface area contributed by atoms with Crippen molar-refractivity contribution >= 4 is 22.4 Å². The summed E-state index contributed by atoms with van der Waals surface area (Å²) in [5.74, 6) is 1.28. The molecule has 2 N–H and O–H groups in total. The summed E-state index contributed by atoms with van der Waals surface area (Å²) in [6.45, 7) is 4.80.